The van der Waals surface area contributed by atoms with E-state index < -0.39 is 23.7 Å². The first-order valence-corrected chi connectivity index (χ1v) is 5.03. The van der Waals surface area contributed by atoms with E-state index in [1.807, 2.05) is 0 Å². The second kappa shape index (κ2) is 4.62. The van der Waals surface area contributed by atoms with E-state index in [1.54, 1.807) is 0 Å². The van der Waals surface area contributed by atoms with Gasteiger partial charge >= 0.3 is 6.18 Å². The standard InChI is InChI=1S/C11H10F4O2/c12-9-4-2-1-3-8(9)10(11(13,14)15)17-6-7-5-16-7/h1-4,7,10H,5-6H2/t7-,10-/m1/s1. The highest BCUT2D eigenvalue weighted by Crippen LogP contribution is 2.37. The van der Waals surface area contributed by atoms with Gasteiger partial charge in [0.05, 0.1) is 13.2 Å². The zero-order chi connectivity index (χ0) is 12.5. The zero-order valence-electron chi connectivity index (χ0n) is 8.71. The molecular weight excluding hydrogens is 240 g/mol. The van der Waals surface area contributed by atoms with E-state index >= 15 is 0 Å². The topological polar surface area (TPSA) is 21.8 Å². The molecule has 1 aromatic carbocycles. The molecule has 0 amide bonds. The van der Waals surface area contributed by atoms with Crippen LogP contribution in [0, 0.1) is 5.82 Å². The molecule has 1 fully saturated rings. The Kier molecular flexibility index (Phi) is 3.35. The zero-order valence-corrected chi connectivity index (χ0v) is 8.71. The molecule has 1 aliphatic rings. The van der Waals surface area contributed by atoms with Crippen molar-refractivity contribution in [2.75, 3.05) is 13.2 Å². The van der Waals surface area contributed by atoms with Crippen LogP contribution in [0.4, 0.5) is 17.6 Å². The summed E-state index contributed by atoms with van der Waals surface area (Å²) in [7, 11) is 0. The van der Waals surface area contributed by atoms with Crippen molar-refractivity contribution in [1.82, 2.24) is 0 Å². The summed E-state index contributed by atoms with van der Waals surface area (Å²) in [4.78, 5) is 0. The summed E-state index contributed by atoms with van der Waals surface area (Å²) < 4.78 is 60.9. The molecule has 1 saturated heterocycles. The van der Waals surface area contributed by atoms with Crippen LogP contribution in [-0.2, 0) is 9.47 Å². The smallest absolute Gasteiger partial charge is 0.371 e. The lowest BCUT2D eigenvalue weighted by molar-refractivity contribution is -0.225. The summed E-state index contributed by atoms with van der Waals surface area (Å²) >= 11 is 0. The van der Waals surface area contributed by atoms with E-state index in [2.05, 4.69) is 0 Å². The van der Waals surface area contributed by atoms with Crippen LogP contribution < -0.4 is 0 Å². The average Bonchev–Trinajstić information content (AvgIpc) is 3.03. The van der Waals surface area contributed by atoms with Crippen molar-refractivity contribution in [1.29, 1.82) is 0 Å². The molecule has 1 aliphatic heterocycles. The van der Waals surface area contributed by atoms with E-state index in [4.69, 9.17) is 9.47 Å². The van der Waals surface area contributed by atoms with Crippen molar-refractivity contribution in [3.63, 3.8) is 0 Å². The number of epoxide rings is 1. The van der Waals surface area contributed by atoms with Gasteiger partial charge in [-0.25, -0.2) is 4.39 Å². The maximum Gasteiger partial charge on any atom is 0.418 e. The monoisotopic (exact) mass is 250 g/mol. The number of halogens is 4. The third-order valence-electron chi connectivity index (χ3n) is 2.34. The SMILES string of the molecule is Fc1ccccc1[C@@H](OC[C@H]1CO1)C(F)(F)F. The fraction of sp³-hybridized carbons (Fsp3) is 0.455. The van der Waals surface area contributed by atoms with Gasteiger partial charge in [-0.05, 0) is 6.07 Å². The molecule has 1 aromatic rings. The quantitative estimate of drug-likeness (QED) is 0.605. The number of benzene rings is 1. The normalized spacial score (nSPS) is 21.3. The van der Waals surface area contributed by atoms with Gasteiger partial charge in [0.1, 0.15) is 11.9 Å². The highest BCUT2D eigenvalue weighted by Gasteiger charge is 2.44. The summed E-state index contributed by atoms with van der Waals surface area (Å²) in [5, 5.41) is 0. The Labute approximate surface area is 95.1 Å². The Hall–Kier alpha value is -1.14. The molecule has 17 heavy (non-hydrogen) atoms. The number of hydrogen-bond acceptors (Lipinski definition) is 2. The first-order valence-electron chi connectivity index (χ1n) is 5.03. The van der Waals surface area contributed by atoms with E-state index in [0.717, 1.165) is 12.1 Å². The van der Waals surface area contributed by atoms with Gasteiger partial charge < -0.3 is 9.47 Å². The maximum absolute atomic E-state index is 13.3. The average molecular weight is 250 g/mol. The summed E-state index contributed by atoms with van der Waals surface area (Å²) in [5.74, 6) is -0.924. The van der Waals surface area contributed by atoms with Crippen LogP contribution in [-0.4, -0.2) is 25.5 Å². The Balaban J connectivity index is 2.16. The Bertz CT molecular complexity index is 387. The Morgan fingerprint density at radius 3 is 2.53 bits per heavy atom. The van der Waals surface area contributed by atoms with Crippen molar-refractivity contribution >= 4 is 0 Å². The highest BCUT2D eigenvalue weighted by atomic mass is 19.4. The number of rotatable bonds is 4. The second-order valence-electron chi connectivity index (χ2n) is 3.73. The molecular formula is C11H10F4O2. The van der Waals surface area contributed by atoms with Crippen LogP contribution in [0.2, 0.25) is 0 Å². The lowest BCUT2D eigenvalue weighted by Crippen LogP contribution is -2.26. The number of hydrogen-bond donors (Lipinski definition) is 0. The van der Waals surface area contributed by atoms with Crippen LogP contribution in [0.5, 0.6) is 0 Å². The van der Waals surface area contributed by atoms with Crippen LogP contribution in [0.15, 0.2) is 24.3 Å². The van der Waals surface area contributed by atoms with Gasteiger partial charge in [0.15, 0.2) is 6.10 Å². The molecule has 0 aliphatic carbocycles. The first kappa shape index (κ1) is 12.3. The molecule has 0 unspecified atom stereocenters. The van der Waals surface area contributed by atoms with E-state index in [0.29, 0.717) is 6.61 Å². The summed E-state index contributed by atoms with van der Waals surface area (Å²) in [5.41, 5.74) is -0.499. The Morgan fingerprint density at radius 1 is 1.35 bits per heavy atom. The Morgan fingerprint density at radius 2 is 2.00 bits per heavy atom. The van der Waals surface area contributed by atoms with Gasteiger partial charge in [-0.15, -0.1) is 0 Å². The second-order valence-corrected chi connectivity index (χ2v) is 3.73. The van der Waals surface area contributed by atoms with Crippen LogP contribution in [0.3, 0.4) is 0 Å². The highest BCUT2D eigenvalue weighted by molar-refractivity contribution is 5.21. The van der Waals surface area contributed by atoms with Crippen LogP contribution in [0.25, 0.3) is 0 Å². The molecule has 0 radical (unpaired) electrons. The van der Waals surface area contributed by atoms with Crippen LogP contribution in [0.1, 0.15) is 11.7 Å². The largest absolute Gasteiger partial charge is 0.418 e. The van der Waals surface area contributed by atoms with Gasteiger partial charge in [0, 0.05) is 5.56 Å². The lowest BCUT2D eigenvalue weighted by Gasteiger charge is -2.21. The first-order chi connectivity index (χ1) is 7.98. The number of ether oxygens (including phenoxy) is 2. The van der Waals surface area contributed by atoms with E-state index in [1.165, 1.54) is 12.1 Å². The van der Waals surface area contributed by atoms with Crippen molar-refractivity contribution in [2.45, 2.75) is 18.4 Å². The van der Waals surface area contributed by atoms with Gasteiger partial charge in [-0.2, -0.15) is 13.2 Å². The lowest BCUT2D eigenvalue weighted by atomic mass is 10.1. The summed E-state index contributed by atoms with van der Waals surface area (Å²) in [6, 6.07) is 4.72. The predicted molar refractivity (Wildman–Crippen MR) is 50.9 cm³/mol. The molecule has 2 atom stereocenters. The van der Waals surface area contributed by atoms with Crippen molar-refractivity contribution in [3.05, 3.63) is 35.6 Å². The minimum absolute atomic E-state index is 0.182. The minimum atomic E-state index is -4.64. The van der Waals surface area contributed by atoms with E-state index in [9.17, 15) is 17.6 Å². The van der Waals surface area contributed by atoms with Crippen LogP contribution >= 0.6 is 0 Å². The molecule has 6 heteroatoms. The summed E-state index contributed by atoms with van der Waals surface area (Å²) in [6.45, 7) is 0.209. The van der Waals surface area contributed by atoms with Gasteiger partial charge in [-0.1, -0.05) is 18.2 Å². The van der Waals surface area contributed by atoms with Crippen molar-refractivity contribution in [2.24, 2.45) is 0 Å². The molecule has 94 valence electrons. The van der Waals surface area contributed by atoms with Gasteiger partial charge in [0.25, 0.3) is 0 Å². The molecule has 0 spiro atoms. The van der Waals surface area contributed by atoms with Gasteiger partial charge in [0.2, 0.25) is 0 Å². The molecule has 1 heterocycles. The predicted octanol–water partition coefficient (Wildman–Crippen LogP) is 2.84. The molecule has 0 N–H and O–H groups in total. The third kappa shape index (κ3) is 3.17. The minimum Gasteiger partial charge on any atom is -0.371 e. The number of alkyl halides is 3. The fourth-order valence-corrected chi connectivity index (χ4v) is 1.42. The fourth-order valence-electron chi connectivity index (χ4n) is 1.42. The molecule has 2 nitrogen and oxygen atoms in total. The van der Waals surface area contributed by atoms with Crippen molar-refractivity contribution in [3.8, 4) is 0 Å². The third-order valence-corrected chi connectivity index (χ3v) is 2.34. The van der Waals surface area contributed by atoms with E-state index in [-0.39, 0.29) is 12.7 Å². The molecule has 0 aromatic heterocycles. The van der Waals surface area contributed by atoms with Crippen molar-refractivity contribution < 1.29 is 27.0 Å². The molecule has 0 bridgehead atoms. The van der Waals surface area contributed by atoms with Gasteiger partial charge in [-0.3, -0.25) is 0 Å². The molecule has 0 saturated carbocycles. The maximum atomic E-state index is 13.3. The molecule has 2 rings (SSSR count). The summed E-state index contributed by atoms with van der Waals surface area (Å²) in [6.07, 6.45) is -7.18.